The second kappa shape index (κ2) is 6.12. The van der Waals surface area contributed by atoms with Crippen molar-refractivity contribution in [2.75, 3.05) is 5.32 Å². The fraction of sp³-hybridized carbons (Fsp3) is 0.143. The predicted octanol–water partition coefficient (Wildman–Crippen LogP) is 3.21. The van der Waals surface area contributed by atoms with Crippen molar-refractivity contribution in [1.82, 2.24) is 0 Å². The van der Waals surface area contributed by atoms with Crippen LogP contribution in [0.2, 0.25) is 0 Å². The van der Waals surface area contributed by atoms with Crippen LogP contribution in [0, 0.1) is 23.1 Å². The smallest absolute Gasteiger partial charge is 0.242 e. The normalized spacial score (nSPS) is 11.6. The fourth-order valence-electron chi connectivity index (χ4n) is 1.61. The molecule has 1 aromatic carbocycles. The Labute approximate surface area is 114 Å². The molecular weight excluding hydrogens is 263 g/mol. The van der Waals surface area contributed by atoms with Crippen LogP contribution in [-0.2, 0) is 11.2 Å². The van der Waals surface area contributed by atoms with Crippen molar-refractivity contribution < 1.29 is 9.18 Å². The van der Waals surface area contributed by atoms with E-state index in [1.165, 1.54) is 23.5 Å². The van der Waals surface area contributed by atoms with Crippen LogP contribution < -0.4 is 5.32 Å². The van der Waals surface area contributed by atoms with E-state index in [9.17, 15) is 9.18 Å². The number of nitriles is 1. The molecule has 1 heterocycles. The molecule has 3 nitrogen and oxygen atoms in total. The van der Waals surface area contributed by atoms with Crippen LogP contribution in [0.25, 0.3) is 0 Å². The molecule has 1 N–H and O–H groups in total. The molecular formula is C14H11FN2OS. The predicted molar refractivity (Wildman–Crippen MR) is 72.2 cm³/mol. The van der Waals surface area contributed by atoms with E-state index in [1.54, 1.807) is 12.1 Å². The summed E-state index contributed by atoms with van der Waals surface area (Å²) >= 11 is 1.49. The van der Waals surface area contributed by atoms with Gasteiger partial charge in [0.25, 0.3) is 0 Å². The van der Waals surface area contributed by atoms with E-state index in [2.05, 4.69) is 5.32 Å². The summed E-state index contributed by atoms with van der Waals surface area (Å²) in [6.45, 7) is 0. The van der Waals surface area contributed by atoms with E-state index in [-0.39, 0.29) is 5.69 Å². The monoisotopic (exact) mass is 274 g/mol. The summed E-state index contributed by atoms with van der Waals surface area (Å²) in [4.78, 5) is 12.9. The number of rotatable bonds is 4. The lowest BCUT2D eigenvalue weighted by Crippen LogP contribution is -2.23. The van der Waals surface area contributed by atoms with Crippen molar-refractivity contribution in [2.24, 2.45) is 5.92 Å². The minimum atomic E-state index is -0.821. The summed E-state index contributed by atoms with van der Waals surface area (Å²) in [5.41, 5.74) is 0.0962. The molecule has 0 fully saturated rings. The van der Waals surface area contributed by atoms with Gasteiger partial charge in [0.15, 0.2) is 0 Å². The molecule has 0 spiro atoms. The summed E-state index contributed by atoms with van der Waals surface area (Å²) in [6.07, 6.45) is 0.342. The van der Waals surface area contributed by atoms with Gasteiger partial charge in [-0.3, -0.25) is 4.79 Å². The van der Waals surface area contributed by atoms with Gasteiger partial charge in [-0.2, -0.15) is 5.26 Å². The number of carbonyl (C=O) groups is 1. The number of para-hydroxylation sites is 1. The van der Waals surface area contributed by atoms with Gasteiger partial charge in [-0.25, -0.2) is 4.39 Å². The zero-order valence-corrected chi connectivity index (χ0v) is 10.8. The summed E-state index contributed by atoms with van der Waals surface area (Å²) in [6, 6.07) is 11.6. The highest BCUT2D eigenvalue weighted by molar-refractivity contribution is 7.09. The quantitative estimate of drug-likeness (QED) is 0.930. The van der Waals surface area contributed by atoms with Crippen LogP contribution in [-0.4, -0.2) is 5.91 Å². The molecule has 1 aromatic heterocycles. The van der Waals surface area contributed by atoms with Crippen LogP contribution in [0.1, 0.15) is 4.88 Å². The molecule has 0 bridgehead atoms. The molecule has 0 radical (unpaired) electrons. The maximum absolute atomic E-state index is 13.4. The van der Waals surface area contributed by atoms with E-state index in [0.717, 1.165) is 4.88 Å². The van der Waals surface area contributed by atoms with Crippen molar-refractivity contribution in [1.29, 1.82) is 5.26 Å². The molecule has 5 heteroatoms. The van der Waals surface area contributed by atoms with Gasteiger partial charge in [0.05, 0.1) is 11.8 Å². The SMILES string of the molecule is N#CC(Cc1cccs1)C(=O)Nc1ccccc1F. The van der Waals surface area contributed by atoms with E-state index >= 15 is 0 Å². The van der Waals surface area contributed by atoms with Gasteiger partial charge in [0, 0.05) is 11.3 Å². The lowest BCUT2D eigenvalue weighted by molar-refractivity contribution is -0.118. The Hall–Kier alpha value is -2.19. The first kappa shape index (κ1) is 13.2. The van der Waals surface area contributed by atoms with Crippen molar-refractivity contribution in [3.05, 3.63) is 52.5 Å². The number of nitrogens with one attached hydrogen (secondary N) is 1. The number of benzene rings is 1. The maximum atomic E-state index is 13.4. The Morgan fingerprint density at radius 3 is 2.79 bits per heavy atom. The van der Waals surface area contributed by atoms with E-state index < -0.39 is 17.6 Å². The van der Waals surface area contributed by atoms with Crippen molar-refractivity contribution in [3.8, 4) is 6.07 Å². The highest BCUT2D eigenvalue weighted by Gasteiger charge is 2.19. The Kier molecular flexibility index (Phi) is 4.26. The number of thiophene rings is 1. The minimum absolute atomic E-state index is 0.0962. The average Bonchev–Trinajstić information content (AvgIpc) is 2.91. The summed E-state index contributed by atoms with van der Waals surface area (Å²) in [7, 11) is 0. The average molecular weight is 274 g/mol. The molecule has 1 unspecified atom stereocenters. The summed E-state index contributed by atoms with van der Waals surface area (Å²) < 4.78 is 13.4. The summed E-state index contributed by atoms with van der Waals surface area (Å²) in [5, 5.41) is 13.4. The molecule has 96 valence electrons. The van der Waals surface area contributed by atoms with E-state index in [4.69, 9.17) is 5.26 Å². The summed E-state index contributed by atoms with van der Waals surface area (Å²) in [5.74, 6) is -1.82. The molecule has 0 saturated heterocycles. The standard InChI is InChI=1S/C14H11FN2OS/c15-12-5-1-2-6-13(12)17-14(18)10(9-16)8-11-4-3-7-19-11/h1-7,10H,8H2,(H,17,18). The van der Waals surface area contributed by atoms with Gasteiger partial charge in [0.2, 0.25) is 5.91 Å². The van der Waals surface area contributed by atoms with Crippen LogP contribution in [0.5, 0.6) is 0 Å². The Morgan fingerprint density at radius 1 is 1.37 bits per heavy atom. The number of amides is 1. The van der Waals surface area contributed by atoms with Crippen LogP contribution in [0.3, 0.4) is 0 Å². The number of anilines is 1. The number of hydrogen-bond donors (Lipinski definition) is 1. The van der Waals surface area contributed by atoms with Gasteiger partial charge in [0.1, 0.15) is 11.7 Å². The highest BCUT2D eigenvalue weighted by Crippen LogP contribution is 2.17. The van der Waals surface area contributed by atoms with Crippen LogP contribution >= 0.6 is 11.3 Å². The Balaban J connectivity index is 2.06. The van der Waals surface area contributed by atoms with E-state index in [1.807, 2.05) is 23.6 Å². The highest BCUT2D eigenvalue weighted by atomic mass is 32.1. The third-order valence-corrected chi connectivity index (χ3v) is 3.49. The molecule has 0 aliphatic heterocycles. The van der Waals surface area contributed by atoms with Crippen LogP contribution in [0.15, 0.2) is 41.8 Å². The lowest BCUT2D eigenvalue weighted by atomic mass is 10.1. The van der Waals surface area contributed by atoms with Gasteiger partial charge >= 0.3 is 0 Å². The third kappa shape index (κ3) is 3.39. The molecule has 0 aliphatic rings. The first-order valence-corrected chi connectivity index (χ1v) is 6.56. The van der Waals surface area contributed by atoms with Crippen molar-refractivity contribution >= 4 is 22.9 Å². The molecule has 0 saturated carbocycles. The minimum Gasteiger partial charge on any atom is -0.322 e. The molecule has 2 rings (SSSR count). The van der Waals surface area contributed by atoms with Crippen molar-refractivity contribution in [2.45, 2.75) is 6.42 Å². The number of nitrogens with zero attached hydrogens (tertiary/aromatic N) is 1. The largest absolute Gasteiger partial charge is 0.322 e. The van der Waals surface area contributed by atoms with Crippen LogP contribution in [0.4, 0.5) is 10.1 Å². The molecule has 19 heavy (non-hydrogen) atoms. The third-order valence-electron chi connectivity index (χ3n) is 2.59. The molecule has 1 amide bonds. The first-order valence-electron chi connectivity index (χ1n) is 5.68. The topological polar surface area (TPSA) is 52.9 Å². The van der Waals surface area contributed by atoms with Crippen molar-refractivity contribution in [3.63, 3.8) is 0 Å². The zero-order valence-electron chi connectivity index (χ0n) is 9.97. The Bertz CT molecular complexity index is 604. The zero-order chi connectivity index (χ0) is 13.7. The van der Waals surface area contributed by atoms with Gasteiger partial charge in [-0.1, -0.05) is 18.2 Å². The fourth-order valence-corrected chi connectivity index (χ4v) is 2.36. The maximum Gasteiger partial charge on any atom is 0.242 e. The number of hydrogen-bond acceptors (Lipinski definition) is 3. The molecule has 1 atom stereocenters. The van der Waals surface area contributed by atoms with Gasteiger partial charge < -0.3 is 5.32 Å². The Morgan fingerprint density at radius 2 is 2.16 bits per heavy atom. The lowest BCUT2D eigenvalue weighted by Gasteiger charge is -2.09. The second-order valence-corrected chi connectivity index (χ2v) is 4.97. The number of halogens is 1. The molecule has 0 aliphatic carbocycles. The first-order chi connectivity index (χ1) is 9.20. The van der Waals surface area contributed by atoms with E-state index in [0.29, 0.717) is 6.42 Å². The molecule has 2 aromatic rings. The van der Waals surface area contributed by atoms with Gasteiger partial charge in [-0.15, -0.1) is 11.3 Å². The second-order valence-electron chi connectivity index (χ2n) is 3.93. The van der Waals surface area contributed by atoms with Gasteiger partial charge in [-0.05, 0) is 23.6 Å². The number of carbonyl (C=O) groups excluding carboxylic acids is 1.